The van der Waals surface area contributed by atoms with Gasteiger partial charge in [0.2, 0.25) is 5.28 Å². The lowest BCUT2D eigenvalue weighted by atomic mass is 9.97. The van der Waals surface area contributed by atoms with E-state index in [4.69, 9.17) is 16.7 Å². The first-order valence-corrected chi connectivity index (χ1v) is 8.21. The quantitative estimate of drug-likeness (QED) is 0.878. The van der Waals surface area contributed by atoms with Gasteiger partial charge in [0.1, 0.15) is 10.6 Å². The van der Waals surface area contributed by atoms with Crippen LogP contribution in [0.25, 0.3) is 10.2 Å². The standard InChI is InChI=1S/C14H16ClN3O2S/c1-2-9-7-10-11(16-14(15)17-12(10)21-9)18-5-3-8(4-6-18)13(19)20/h7-8H,2-6H2,1H3,(H,19,20). The van der Waals surface area contributed by atoms with E-state index in [9.17, 15) is 4.79 Å². The zero-order valence-corrected chi connectivity index (χ0v) is 13.2. The maximum Gasteiger partial charge on any atom is 0.306 e. The van der Waals surface area contributed by atoms with Crippen molar-refractivity contribution in [2.24, 2.45) is 5.92 Å². The number of halogens is 1. The molecule has 2 aromatic heterocycles. The minimum absolute atomic E-state index is 0.247. The molecule has 1 saturated heterocycles. The number of fused-ring (bicyclic) bond motifs is 1. The third-order valence-electron chi connectivity index (χ3n) is 3.89. The highest BCUT2D eigenvalue weighted by Gasteiger charge is 2.26. The highest BCUT2D eigenvalue weighted by molar-refractivity contribution is 7.18. The SMILES string of the molecule is CCc1cc2c(N3CCC(C(=O)O)CC3)nc(Cl)nc2s1. The summed E-state index contributed by atoms with van der Waals surface area (Å²) in [4.78, 5) is 24.0. The van der Waals surface area contributed by atoms with Gasteiger partial charge in [-0.15, -0.1) is 11.3 Å². The molecule has 0 amide bonds. The average Bonchev–Trinajstić information content (AvgIpc) is 2.89. The minimum atomic E-state index is -0.704. The molecular weight excluding hydrogens is 310 g/mol. The molecule has 1 N–H and O–H groups in total. The number of piperidine rings is 1. The van der Waals surface area contributed by atoms with Crippen LogP contribution >= 0.6 is 22.9 Å². The van der Waals surface area contributed by atoms with Gasteiger partial charge in [-0.25, -0.2) is 4.98 Å². The molecule has 0 spiro atoms. The molecule has 0 saturated carbocycles. The fraction of sp³-hybridized carbons (Fsp3) is 0.500. The van der Waals surface area contributed by atoms with E-state index in [1.54, 1.807) is 11.3 Å². The normalized spacial score (nSPS) is 16.6. The summed E-state index contributed by atoms with van der Waals surface area (Å²) in [6.45, 7) is 3.49. The molecule has 7 heteroatoms. The van der Waals surface area contributed by atoms with Crippen LogP contribution in [0.1, 0.15) is 24.6 Å². The van der Waals surface area contributed by atoms with Gasteiger partial charge in [0.25, 0.3) is 0 Å². The molecule has 3 rings (SSSR count). The summed E-state index contributed by atoms with van der Waals surface area (Å²) in [5, 5.41) is 10.4. The highest BCUT2D eigenvalue weighted by atomic mass is 35.5. The maximum atomic E-state index is 11.0. The molecule has 1 fully saturated rings. The van der Waals surface area contributed by atoms with E-state index < -0.39 is 5.97 Å². The number of anilines is 1. The van der Waals surface area contributed by atoms with Crippen molar-refractivity contribution in [2.45, 2.75) is 26.2 Å². The van der Waals surface area contributed by atoms with Crippen LogP contribution in [-0.4, -0.2) is 34.1 Å². The Morgan fingerprint density at radius 1 is 1.48 bits per heavy atom. The van der Waals surface area contributed by atoms with E-state index in [-0.39, 0.29) is 11.2 Å². The van der Waals surface area contributed by atoms with E-state index in [0.29, 0.717) is 25.9 Å². The number of aryl methyl sites for hydroxylation is 1. The topological polar surface area (TPSA) is 66.3 Å². The van der Waals surface area contributed by atoms with Gasteiger partial charge in [0, 0.05) is 18.0 Å². The van der Waals surface area contributed by atoms with E-state index >= 15 is 0 Å². The smallest absolute Gasteiger partial charge is 0.306 e. The first-order valence-electron chi connectivity index (χ1n) is 7.02. The highest BCUT2D eigenvalue weighted by Crippen LogP contribution is 2.34. The number of rotatable bonds is 3. The Morgan fingerprint density at radius 3 is 2.81 bits per heavy atom. The van der Waals surface area contributed by atoms with Crippen LogP contribution in [0, 0.1) is 5.92 Å². The molecule has 0 bridgehead atoms. The second kappa shape index (κ2) is 5.77. The van der Waals surface area contributed by atoms with E-state index in [2.05, 4.69) is 27.9 Å². The molecule has 1 aliphatic rings. The van der Waals surface area contributed by atoms with E-state index in [1.165, 1.54) is 4.88 Å². The van der Waals surface area contributed by atoms with E-state index in [1.807, 2.05) is 0 Å². The molecule has 0 radical (unpaired) electrons. The van der Waals surface area contributed by atoms with Crippen molar-refractivity contribution >= 4 is 44.9 Å². The van der Waals surface area contributed by atoms with Crippen molar-refractivity contribution in [3.8, 4) is 0 Å². The Hall–Kier alpha value is -1.40. The van der Waals surface area contributed by atoms with Gasteiger partial charge in [-0.1, -0.05) is 6.92 Å². The second-order valence-electron chi connectivity index (χ2n) is 5.20. The maximum absolute atomic E-state index is 11.0. The molecule has 0 atom stereocenters. The summed E-state index contributed by atoms with van der Waals surface area (Å²) >= 11 is 7.68. The van der Waals surface area contributed by atoms with Gasteiger partial charge in [0.15, 0.2) is 0 Å². The van der Waals surface area contributed by atoms with Gasteiger partial charge < -0.3 is 10.0 Å². The zero-order valence-electron chi connectivity index (χ0n) is 11.7. The van der Waals surface area contributed by atoms with Gasteiger partial charge in [-0.2, -0.15) is 4.98 Å². The largest absolute Gasteiger partial charge is 0.481 e. The Labute approximate surface area is 131 Å². The Kier molecular flexibility index (Phi) is 3.99. The summed E-state index contributed by atoms with van der Waals surface area (Å²) in [6, 6.07) is 2.12. The van der Waals surface area contributed by atoms with Gasteiger partial charge >= 0.3 is 5.97 Å². The fourth-order valence-electron chi connectivity index (χ4n) is 2.68. The summed E-state index contributed by atoms with van der Waals surface area (Å²) in [7, 11) is 0. The first-order chi connectivity index (χ1) is 10.1. The van der Waals surface area contributed by atoms with Crippen molar-refractivity contribution in [1.82, 2.24) is 9.97 Å². The lowest BCUT2D eigenvalue weighted by Crippen LogP contribution is -2.36. The Morgan fingerprint density at radius 2 is 2.19 bits per heavy atom. The van der Waals surface area contributed by atoms with Crippen molar-refractivity contribution in [1.29, 1.82) is 0 Å². The number of aromatic nitrogens is 2. The number of carbonyl (C=O) groups is 1. The van der Waals surface area contributed by atoms with Crippen molar-refractivity contribution in [2.75, 3.05) is 18.0 Å². The molecule has 0 aromatic carbocycles. The summed E-state index contributed by atoms with van der Waals surface area (Å²) in [5.74, 6) is -0.114. The third-order valence-corrected chi connectivity index (χ3v) is 5.23. The molecule has 1 aliphatic heterocycles. The lowest BCUT2D eigenvalue weighted by Gasteiger charge is -2.31. The molecular formula is C14H16ClN3O2S. The van der Waals surface area contributed by atoms with Crippen LogP contribution in [0.2, 0.25) is 5.28 Å². The number of hydrogen-bond acceptors (Lipinski definition) is 5. The van der Waals surface area contributed by atoms with E-state index in [0.717, 1.165) is 22.5 Å². The predicted octanol–water partition coefficient (Wildman–Crippen LogP) is 3.21. The minimum Gasteiger partial charge on any atom is -0.481 e. The van der Waals surface area contributed by atoms with Crippen LogP contribution in [0.5, 0.6) is 0 Å². The molecule has 112 valence electrons. The fourth-order valence-corrected chi connectivity index (χ4v) is 3.86. The van der Waals surface area contributed by atoms with Crippen LogP contribution in [0.3, 0.4) is 0 Å². The number of thiophene rings is 1. The van der Waals surface area contributed by atoms with Crippen LogP contribution in [0.4, 0.5) is 5.82 Å². The van der Waals surface area contributed by atoms with Crippen LogP contribution in [0.15, 0.2) is 6.07 Å². The van der Waals surface area contributed by atoms with Crippen molar-refractivity contribution in [3.63, 3.8) is 0 Å². The Bertz CT molecular complexity index is 680. The molecule has 3 heterocycles. The van der Waals surface area contributed by atoms with Gasteiger partial charge in [-0.3, -0.25) is 4.79 Å². The first kappa shape index (κ1) is 14.5. The van der Waals surface area contributed by atoms with Crippen molar-refractivity contribution < 1.29 is 9.90 Å². The molecule has 5 nitrogen and oxygen atoms in total. The van der Waals surface area contributed by atoms with Crippen LogP contribution in [-0.2, 0) is 11.2 Å². The number of hydrogen-bond donors (Lipinski definition) is 1. The predicted molar refractivity (Wildman–Crippen MR) is 84.4 cm³/mol. The summed E-state index contributed by atoms with van der Waals surface area (Å²) in [5.41, 5.74) is 0. The number of aliphatic carboxylic acids is 1. The third kappa shape index (κ3) is 2.82. The van der Waals surface area contributed by atoms with Gasteiger partial charge in [0.05, 0.1) is 11.3 Å². The number of carboxylic acids is 1. The summed E-state index contributed by atoms with van der Waals surface area (Å²) < 4.78 is 0. The Balaban J connectivity index is 1.93. The average molecular weight is 326 g/mol. The molecule has 21 heavy (non-hydrogen) atoms. The monoisotopic (exact) mass is 325 g/mol. The molecule has 2 aromatic rings. The molecule has 0 unspecified atom stereocenters. The lowest BCUT2D eigenvalue weighted by molar-refractivity contribution is -0.142. The number of carboxylic acid groups (broad SMARTS) is 1. The zero-order chi connectivity index (χ0) is 15.0. The number of nitrogens with zero attached hydrogens (tertiary/aromatic N) is 3. The molecule has 0 aliphatic carbocycles. The van der Waals surface area contributed by atoms with Gasteiger partial charge in [-0.05, 0) is 36.9 Å². The summed E-state index contributed by atoms with van der Waals surface area (Å²) in [6.07, 6.45) is 2.24. The van der Waals surface area contributed by atoms with Crippen molar-refractivity contribution in [3.05, 3.63) is 16.2 Å². The van der Waals surface area contributed by atoms with Crippen LogP contribution < -0.4 is 4.90 Å². The second-order valence-corrected chi connectivity index (χ2v) is 6.65.